The van der Waals surface area contributed by atoms with Crippen molar-refractivity contribution in [2.75, 3.05) is 12.4 Å². The van der Waals surface area contributed by atoms with Gasteiger partial charge >= 0.3 is 0 Å². The van der Waals surface area contributed by atoms with Gasteiger partial charge in [0.2, 0.25) is 0 Å². The van der Waals surface area contributed by atoms with Gasteiger partial charge in [0.25, 0.3) is 10.1 Å². The Hall–Kier alpha value is -0.590. The van der Waals surface area contributed by atoms with Crippen molar-refractivity contribution < 1.29 is 17.3 Å². The van der Waals surface area contributed by atoms with Gasteiger partial charge in [-0.1, -0.05) is 22.0 Å². The largest absolute Gasteiger partial charge is 0.490 e. The summed E-state index contributed by atoms with van der Waals surface area (Å²) in [5.41, 5.74) is 0.778. The van der Waals surface area contributed by atoms with Gasteiger partial charge in [0.05, 0.1) is 5.75 Å². The fourth-order valence-corrected chi connectivity index (χ4v) is 2.47. The van der Waals surface area contributed by atoms with Gasteiger partial charge in [0.15, 0.2) is 0 Å². The minimum absolute atomic E-state index is 0.0324. The van der Waals surface area contributed by atoms with Gasteiger partial charge in [-0.2, -0.15) is 8.42 Å². The summed E-state index contributed by atoms with van der Waals surface area (Å²) in [6.07, 6.45) is -0.520. The number of benzene rings is 1. The van der Waals surface area contributed by atoms with Gasteiger partial charge in [-0.05, 0) is 19.1 Å². The molecule has 0 aromatic heterocycles. The summed E-state index contributed by atoms with van der Waals surface area (Å²) < 4.78 is 34.0. The maximum absolute atomic E-state index is 11.3. The fraction of sp³-hybridized carbons (Fsp3) is 0.400. The molecule has 4 nitrogen and oxygen atoms in total. The van der Waals surface area contributed by atoms with Crippen LogP contribution in [0.2, 0.25) is 0 Å². The van der Waals surface area contributed by atoms with E-state index in [0.29, 0.717) is 5.75 Å². The Morgan fingerprint density at radius 1 is 1.56 bits per heavy atom. The third-order valence-electron chi connectivity index (χ3n) is 2.33. The SMILES string of the molecule is CCS(=O)(=O)OC1COc2cc(Br)ccc21. The van der Waals surface area contributed by atoms with Crippen LogP contribution in [0.3, 0.4) is 0 Å². The summed E-state index contributed by atoms with van der Waals surface area (Å²) in [5.74, 6) is 0.640. The van der Waals surface area contributed by atoms with Crippen LogP contribution in [0.1, 0.15) is 18.6 Å². The van der Waals surface area contributed by atoms with Crippen molar-refractivity contribution in [3.05, 3.63) is 28.2 Å². The number of ether oxygens (including phenoxy) is 1. The quantitative estimate of drug-likeness (QED) is 0.804. The number of hydrogen-bond acceptors (Lipinski definition) is 4. The lowest BCUT2D eigenvalue weighted by molar-refractivity contribution is 0.170. The Morgan fingerprint density at radius 3 is 3.00 bits per heavy atom. The number of rotatable bonds is 3. The van der Waals surface area contributed by atoms with Gasteiger partial charge in [-0.3, -0.25) is 4.18 Å². The zero-order chi connectivity index (χ0) is 11.8. The third kappa shape index (κ3) is 2.39. The highest BCUT2D eigenvalue weighted by molar-refractivity contribution is 9.10. The van der Waals surface area contributed by atoms with Crippen molar-refractivity contribution in [3.63, 3.8) is 0 Å². The number of fused-ring (bicyclic) bond motifs is 1. The molecule has 0 fully saturated rings. The van der Waals surface area contributed by atoms with Crippen LogP contribution in [0.4, 0.5) is 0 Å². The molecule has 1 aliphatic heterocycles. The highest BCUT2D eigenvalue weighted by Crippen LogP contribution is 2.37. The second kappa shape index (κ2) is 4.35. The molecule has 16 heavy (non-hydrogen) atoms. The molecule has 1 aromatic carbocycles. The first kappa shape index (κ1) is 11.9. The second-order valence-electron chi connectivity index (χ2n) is 3.42. The van der Waals surface area contributed by atoms with E-state index in [-0.39, 0.29) is 12.4 Å². The Balaban J connectivity index is 2.24. The summed E-state index contributed by atoms with van der Waals surface area (Å²) in [5, 5.41) is 0. The summed E-state index contributed by atoms with van der Waals surface area (Å²) in [4.78, 5) is 0. The molecule has 0 amide bonds. The summed E-state index contributed by atoms with van der Waals surface area (Å²) in [6.45, 7) is 1.79. The lowest BCUT2D eigenvalue weighted by Gasteiger charge is -2.09. The van der Waals surface area contributed by atoms with Crippen LogP contribution in [0.15, 0.2) is 22.7 Å². The molecule has 6 heteroatoms. The molecular weight excluding hydrogens is 296 g/mol. The van der Waals surface area contributed by atoms with E-state index in [1.54, 1.807) is 13.0 Å². The average molecular weight is 307 g/mol. The molecule has 0 saturated heterocycles. The molecule has 1 aliphatic rings. The second-order valence-corrected chi connectivity index (χ2v) is 6.23. The summed E-state index contributed by atoms with van der Waals surface area (Å²) >= 11 is 3.32. The van der Waals surface area contributed by atoms with E-state index >= 15 is 0 Å². The molecule has 0 spiro atoms. The highest BCUT2D eigenvalue weighted by Gasteiger charge is 2.29. The van der Waals surface area contributed by atoms with Crippen molar-refractivity contribution >= 4 is 26.0 Å². The average Bonchev–Trinajstić information content (AvgIpc) is 2.60. The van der Waals surface area contributed by atoms with Gasteiger partial charge in [-0.25, -0.2) is 0 Å². The maximum Gasteiger partial charge on any atom is 0.267 e. The van der Waals surface area contributed by atoms with E-state index in [1.807, 2.05) is 12.1 Å². The maximum atomic E-state index is 11.3. The molecule has 88 valence electrons. The number of hydrogen-bond donors (Lipinski definition) is 0. The van der Waals surface area contributed by atoms with Crippen LogP contribution in [0.25, 0.3) is 0 Å². The van der Waals surface area contributed by atoms with Crippen LogP contribution in [0, 0.1) is 0 Å². The molecule has 1 aromatic rings. The summed E-state index contributed by atoms with van der Waals surface area (Å²) in [6, 6.07) is 5.45. The van der Waals surface area contributed by atoms with E-state index in [1.165, 1.54) is 0 Å². The predicted molar refractivity (Wildman–Crippen MR) is 62.9 cm³/mol. The molecule has 1 heterocycles. The summed E-state index contributed by atoms with van der Waals surface area (Å²) in [7, 11) is -3.45. The molecule has 1 unspecified atom stereocenters. The van der Waals surface area contributed by atoms with Crippen molar-refractivity contribution in [2.24, 2.45) is 0 Å². The first-order valence-electron chi connectivity index (χ1n) is 4.85. The fourth-order valence-electron chi connectivity index (χ4n) is 1.48. The van der Waals surface area contributed by atoms with Crippen LogP contribution >= 0.6 is 15.9 Å². The highest BCUT2D eigenvalue weighted by atomic mass is 79.9. The topological polar surface area (TPSA) is 52.6 Å². The van der Waals surface area contributed by atoms with Crippen LogP contribution in [-0.2, 0) is 14.3 Å². The molecule has 1 atom stereocenters. The van der Waals surface area contributed by atoms with E-state index in [0.717, 1.165) is 10.0 Å². The van der Waals surface area contributed by atoms with Gasteiger partial charge < -0.3 is 4.74 Å². The van der Waals surface area contributed by atoms with E-state index in [2.05, 4.69) is 15.9 Å². The lowest BCUT2D eigenvalue weighted by atomic mass is 10.1. The molecule has 0 aliphatic carbocycles. The smallest absolute Gasteiger partial charge is 0.267 e. The monoisotopic (exact) mass is 306 g/mol. The predicted octanol–water partition coefficient (Wildman–Crippen LogP) is 2.25. The van der Waals surface area contributed by atoms with E-state index < -0.39 is 16.2 Å². The zero-order valence-corrected chi connectivity index (χ0v) is 11.0. The Labute approximate surface area is 103 Å². The van der Waals surface area contributed by atoms with Crippen molar-refractivity contribution in [3.8, 4) is 5.75 Å². The molecule has 0 bridgehead atoms. The zero-order valence-electron chi connectivity index (χ0n) is 8.64. The van der Waals surface area contributed by atoms with Gasteiger partial charge in [0.1, 0.15) is 18.5 Å². The minimum atomic E-state index is -3.45. The first-order chi connectivity index (χ1) is 7.52. The van der Waals surface area contributed by atoms with Crippen molar-refractivity contribution in [1.82, 2.24) is 0 Å². The molecule has 0 N–H and O–H groups in total. The van der Waals surface area contributed by atoms with E-state index in [4.69, 9.17) is 8.92 Å². The minimum Gasteiger partial charge on any atom is -0.490 e. The standard InChI is InChI=1S/C10H11BrO4S/c1-2-16(12,13)15-10-6-14-9-5-7(11)3-4-8(9)10/h3-5,10H,2,6H2,1H3. The lowest BCUT2D eigenvalue weighted by Crippen LogP contribution is -2.14. The van der Waals surface area contributed by atoms with Crippen molar-refractivity contribution in [1.29, 1.82) is 0 Å². The number of halogens is 1. The van der Waals surface area contributed by atoms with Gasteiger partial charge in [-0.15, -0.1) is 0 Å². The first-order valence-corrected chi connectivity index (χ1v) is 7.22. The Morgan fingerprint density at radius 2 is 2.31 bits per heavy atom. The molecule has 2 rings (SSSR count). The van der Waals surface area contributed by atoms with Crippen LogP contribution in [-0.4, -0.2) is 20.8 Å². The molecule has 0 saturated carbocycles. The Bertz CT molecular complexity index is 498. The Kier molecular flexibility index (Phi) is 3.23. The van der Waals surface area contributed by atoms with Crippen LogP contribution < -0.4 is 4.74 Å². The van der Waals surface area contributed by atoms with Crippen LogP contribution in [0.5, 0.6) is 5.75 Å². The van der Waals surface area contributed by atoms with E-state index in [9.17, 15) is 8.42 Å². The molecule has 0 radical (unpaired) electrons. The van der Waals surface area contributed by atoms with Gasteiger partial charge in [0, 0.05) is 10.0 Å². The normalized spacial score (nSPS) is 19.2. The van der Waals surface area contributed by atoms with Crippen molar-refractivity contribution in [2.45, 2.75) is 13.0 Å². The molecular formula is C10H11BrO4S. The third-order valence-corrected chi connectivity index (χ3v) is 4.05.